The molecular weight excluding hydrogens is 302 g/mol. The summed E-state index contributed by atoms with van der Waals surface area (Å²) in [4.78, 5) is 24.2. The first-order valence-electron chi connectivity index (χ1n) is 7.56. The molecule has 0 bridgehead atoms. The molecule has 0 aliphatic carbocycles. The van der Waals surface area contributed by atoms with E-state index in [0.717, 1.165) is 31.5 Å². The van der Waals surface area contributed by atoms with Crippen LogP contribution in [0.4, 0.5) is 0 Å². The summed E-state index contributed by atoms with van der Waals surface area (Å²) < 4.78 is 0. The molecule has 1 fully saturated rings. The third kappa shape index (κ3) is 5.31. The van der Waals surface area contributed by atoms with Crippen LogP contribution in [0.25, 0.3) is 0 Å². The van der Waals surface area contributed by atoms with Crippen LogP contribution in [0, 0.1) is 0 Å². The third-order valence-corrected chi connectivity index (χ3v) is 3.66. The fourth-order valence-corrected chi connectivity index (χ4v) is 2.47. The van der Waals surface area contributed by atoms with Crippen LogP contribution >= 0.6 is 12.4 Å². The Bertz CT molecular complexity index is 476. The van der Waals surface area contributed by atoms with Gasteiger partial charge in [0.2, 0.25) is 11.8 Å². The number of halogens is 1. The van der Waals surface area contributed by atoms with Crippen molar-refractivity contribution < 1.29 is 9.59 Å². The molecule has 1 unspecified atom stereocenters. The van der Waals surface area contributed by atoms with Crippen LogP contribution in [-0.2, 0) is 9.59 Å². The Kier molecular flexibility index (Phi) is 7.91. The largest absolute Gasteiger partial charge is 0.350 e. The first kappa shape index (κ1) is 18.5. The van der Waals surface area contributed by atoms with E-state index in [-0.39, 0.29) is 30.3 Å². The molecule has 2 atom stereocenters. The smallest absolute Gasteiger partial charge is 0.247 e. The summed E-state index contributed by atoms with van der Waals surface area (Å²) in [6.07, 6.45) is 2.39. The lowest BCUT2D eigenvalue weighted by Gasteiger charge is -2.26. The highest BCUT2D eigenvalue weighted by Crippen LogP contribution is 2.14. The number of piperidine rings is 1. The van der Waals surface area contributed by atoms with Gasteiger partial charge >= 0.3 is 0 Å². The van der Waals surface area contributed by atoms with Gasteiger partial charge in [-0.15, -0.1) is 12.4 Å². The first-order valence-corrected chi connectivity index (χ1v) is 7.56. The lowest BCUT2D eigenvalue weighted by molar-refractivity contribution is -0.129. The minimum atomic E-state index is -0.624. The van der Waals surface area contributed by atoms with Gasteiger partial charge < -0.3 is 16.0 Å². The predicted octanol–water partition coefficient (Wildman–Crippen LogP) is 1.54. The number of amides is 2. The van der Waals surface area contributed by atoms with E-state index in [1.165, 1.54) is 0 Å². The van der Waals surface area contributed by atoms with Crippen molar-refractivity contribution in [2.45, 2.75) is 38.3 Å². The van der Waals surface area contributed by atoms with Gasteiger partial charge in [0.1, 0.15) is 6.04 Å². The average molecular weight is 326 g/mol. The zero-order valence-corrected chi connectivity index (χ0v) is 13.6. The van der Waals surface area contributed by atoms with Crippen LogP contribution in [-0.4, -0.2) is 30.9 Å². The van der Waals surface area contributed by atoms with Gasteiger partial charge in [-0.1, -0.05) is 37.3 Å². The van der Waals surface area contributed by atoms with E-state index < -0.39 is 6.04 Å². The topological polar surface area (TPSA) is 70.2 Å². The van der Waals surface area contributed by atoms with Gasteiger partial charge in [0.25, 0.3) is 0 Å². The number of hydrogen-bond acceptors (Lipinski definition) is 3. The molecule has 1 aliphatic heterocycles. The molecule has 1 aromatic carbocycles. The maximum Gasteiger partial charge on any atom is 0.247 e. The average Bonchev–Trinajstić information content (AvgIpc) is 2.54. The van der Waals surface area contributed by atoms with Crippen LogP contribution in [0.2, 0.25) is 0 Å². The van der Waals surface area contributed by atoms with E-state index in [1.807, 2.05) is 30.3 Å². The van der Waals surface area contributed by atoms with Crippen LogP contribution < -0.4 is 16.0 Å². The van der Waals surface area contributed by atoms with Crippen molar-refractivity contribution in [1.29, 1.82) is 0 Å². The number of carbonyl (C=O) groups excluding carboxylic acids is 2. The maximum atomic E-state index is 12.5. The molecule has 0 radical (unpaired) electrons. The maximum absolute atomic E-state index is 12.5. The molecule has 3 N–H and O–H groups in total. The van der Waals surface area contributed by atoms with Gasteiger partial charge in [-0.25, -0.2) is 0 Å². The minimum absolute atomic E-state index is 0. The van der Waals surface area contributed by atoms with Gasteiger partial charge in [0.15, 0.2) is 0 Å². The highest BCUT2D eigenvalue weighted by molar-refractivity contribution is 5.88. The Morgan fingerprint density at radius 1 is 1.32 bits per heavy atom. The summed E-state index contributed by atoms with van der Waals surface area (Å²) in [7, 11) is 0. The van der Waals surface area contributed by atoms with E-state index >= 15 is 0 Å². The summed E-state index contributed by atoms with van der Waals surface area (Å²) in [5, 5.41) is 9.10. The summed E-state index contributed by atoms with van der Waals surface area (Å²) in [6, 6.07) is 8.87. The van der Waals surface area contributed by atoms with Crippen molar-refractivity contribution >= 4 is 24.2 Å². The first-order chi connectivity index (χ1) is 10.2. The van der Waals surface area contributed by atoms with Crippen molar-refractivity contribution in [2.24, 2.45) is 0 Å². The summed E-state index contributed by atoms with van der Waals surface area (Å²) >= 11 is 0. The molecule has 2 amide bonds. The fraction of sp³-hybridized carbons (Fsp3) is 0.500. The number of rotatable bonds is 5. The highest BCUT2D eigenvalue weighted by atomic mass is 35.5. The molecule has 1 aliphatic rings. The Hall–Kier alpha value is -1.59. The van der Waals surface area contributed by atoms with Crippen LogP contribution in [0.3, 0.4) is 0 Å². The van der Waals surface area contributed by atoms with Gasteiger partial charge in [-0.05, 0) is 24.9 Å². The number of carbonyl (C=O) groups is 2. The van der Waals surface area contributed by atoms with Crippen LogP contribution in [0.1, 0.15) is 37.8 Å². The van der Waals surface area contributed by atoms with Crippen molar-refractivity contribution in [1.82, 2.24) is 16.0 Å². The van der Waals surface area contributed by atoms with Gasteiger partial charge in [-0.2, -0.15) is 0 Å². The molecule has 122 valence electrons. The van der Waals surface area contributed by atoms with E-state index in [1.54, 1.807) is 6.92 Å². The zero-order chi connectivity index (χ0) is 15.1. The molecule has 1 saturated heterocycles. The third-order valence-electron chi connectivity index (χ3n) is 3.66. The predicted molar refractivity (Wildman–Crippen MR) is 88.9 cm³/mol. The molecule has 22 heavy (non-hydrogen) atoms. The summed E-state index contributed by atoms with van der Waals surface area (Å²) in [5.41, 5.74) is 0.806. The molecule has 0 spiro atoms. The summed E-state index contributed by atoms with van der Waals surface area (Å²) in [5.74, 6) is -0.266. The van der Waals surface area contributed by atoms with Crippen molar-refractivity contribution in [3.63, 3.8) is 0 Å². The van der Waals surface area contributed by atoms with E-state index in [2.05, 4.69) is 16.0 Å². The van der Waals surface area contributed by atoms with E-state index in [4.69, 9.17) is 0 Å². The van der Waals surface area contributed by atoms with Crippen LogP contribution in [0.5, 0.6) is 0 Å². The fourth-order valence-electron chi connectivity index (χ4n) is 2.47. The standard InChI is InChI=1S/C16H23N3O2.ClH/c1-2-14(20)19-15(12-7-4-3-5-8-12)16(21)18-13-9-6-10-17-11-13;/h3-5,7-8,13,15,17H,2,6,9-11H2,1H3,(H,18,21)(H,19,20);1H/t13-,15?;/m0./s1. The molecule has 2 rings (SSSR count). The number of benzene rings is 1. The van der Waals surface area contributed by atoms with E-state index in [9.17, 15) is 9.59 Å². The molecule has 5 nitrogen and oxygen atoms in total. The number of nitrogens with one attached hydrogen (secondary N) is 3. The second-order valence-electron chi connectivity index (χ2n) is 5.32. The van der Waals surface area contributed by atoms with Crippen molar-refractivity contribution in [3.8, 4) is 0 Å². The van der Waals surface area contributed by atoms with Gasteiger partial charge in [0.05, 0.1) is 0 Å². The monoisotopic (exact) mass is 325 g/mol. The molecule has 0 aromatic heterocycles. The normalized spacial score (nSPS) is 18.7. The zero-order valence-electron chi connectivity index (χ0n) is 12.8. The minimum Gasteiger partial charge on any atom is -0.350 e. The SMILES string of the molecule is CCC(=O)NC(C(=O)N[C@H]1CCCNC1)c1ccccc1.Cl. The lowest BCUT2D eigenvalue weighted by atomic mass is 10.0. The molecule has 1 aromatic rings. The Labute approximate surface area is 137 Å². The number of hydrogen-bond donors (Lipinski definition) is 3. The second-order valence-corrected chi connectivity index (χ2v) is 5.32. The molecule has 0 saturated carbocycles. The lowest BCUT2D eigenvalue weighted by Crippen LogP contribution is -2.49. The van der Waals surface area contributed by atoms with Gasteiger partial charge in [0, 0.05) is 19.0 Å². The van der Waals surface area contributed by atoms with E-state index in [0.29, 0.717) is 6.42 Å². The molecule has 1 heterocycles. The van der Waals surface area contributed by atoms with Gasteiger partial charge in [-0.3, -0.25) is 9.59 Å². The Balaban J connectivity index is 0.00000242. The van der Waals surface area contributed by atoms with Crippen LogP contribution in [0.15, 0.2) is 30.3 Å². The quantitative estimate of drug-likeness (QED) is 0.769. The van der Waals surface area contributed by atoms with Crippen molar-refractivity contribution in [2.75, 3.05) is 13.1 Å². The Morgan fingerprint density at radius 3 is 2.64 bits per heavy atom. The second kappa shape index (κ2) is 9.43. The molecular formula is C16H24ClN3O2. The summed E-state index contributed by atoms with van der Waals surface area (Å²) in [6.45, 7) is 3.57. The highest BCUT2D eigenvalue weighted by Gasteiger charge is 2.25. The molecule has 6 heteroatoms. The Morgan fingerprint density at radius 2 is 2.05 bits per heavy atom. The van der Waals surface area contributed by atoms with Crippen molar-refractivity contribution in [3.05, 3.63) is 35.9 Å².